The summed E-state index contributed by atoms with van der Waals surface area (Å²) in [6.07, 6.45) is 0.811. The first-order valence-corrected chi connectivity index (χ1v) is 13.6. The summed E-state index contributed by atoms with van der Waals surface area (Å²) >= 11 is 0. The summed E-state index contributed by atoms with van der Waals surface area (Å²) in [5, 5.41) is 19.9. The zero-order valence-electron chi connectivity index (χ0n) is 22.0. The molecule has 0 spiro atoms. The van der Waals surface area contributed by atoms with Crippen molar-refractivity contribution in [1.82, 2.24) is 0 Å². The summed E-state index contributed by atoms with van der Waals surface area (Å²) in [4.78, 5) is 0. The Kier molecular flexibility index (Phi) is 9.02. The van der Waals surface area contributed by atoms with Gasteiger partial charge in [-0.15, -0.1) is 0 Å². The van der Waals surface area contributed by atoms with Gasteiger partial charge in [-0.1, -0.05) is 104 Å². The molecule has 1 aliphatic heterocycles. The van der Waals surface area contributed by atoms with Crippen LogP contribution in [0.25, 0.3) is 0 Å². The zero-order chi connectivity index (χ0) is 27.0. The van der Waals surface area contributed by atoms with Crippen molar-refractivity contribution in [3.8, 4) is 11.5 Å². The zero-order valence-corrected chi connectivity index (χ0v) is 23.0. The van der Waals surface area contributed by atoms with Crippen LogP contribution in [-0.4, -0.2) is 26.8 Å². The van der Waals surface area contributed by atoms with Crippen molar-refractivity contribution < 1.29 is 23.8 Å². The topological polar surface area (TPSA) is 71.5 Å². The van der Waals surface area contributed by atoms with Crippen molar-refractivity contribution in [1.29, 1.82) is 0 Å². The summed E-state index contributed by atoms with van der Waals surface area (Å²) in [5.74, 6) is 0.536. The smallest absolute Gasteiger partial charge is 0.434 e. The highest BCUT2D eigenvalue weighted by Gasteiger charge is 2.60. The highest BCUT2D eigenvalue weighted by Crippen LogP contribution is 2.62. The van der Waals surface area contributed by atoms with Gasteiger partial charge in [-0.3, -0.25) is 0 Å². The number of phenols is 2. The first-order chi connectivity index (χ1) is 18.4. The Morgan fingerprint density at radius 1 is 0.763 bits per heavy atom. The van der Waals surface area contributed by atoms with Crippen LogP contribution in [0.15, 0.2) is 109 Å². The van der Waals surface area contributed by atoms with Crippen LogP contribution in [0, 0.1) is 0 Å². The van der Waals surface area contributed by atoms with E-state index in [1.54, 1.807) is 18.2 Å². The number of rotatable bonds is 9. The number of aromatic hydroxyl groups is 2. The normalized spacial score (nSPS) is 15.8. The number of hydrogen-bond acceptors (Lipinski definition) is 5. The summed E-state index contributed by atoms with van der Waals surface area (Å²) in [5.41, 5.74) is 2.78. The van der Waals surface area contributed by atoms with Crippen LogP contribution < -0.4 is 0 Å². The maximum Gasteiger partial charge on any atom is 0.434 e. The third-order valence-corrected chi connectivity index (χ3v) is 7.37. The Bertz CT molecular complexity index is 1250. The summed E-state index contributed by atoms with van der Waals surface area (Å²) in [6.45, 7) is 6.60. The lowest BCUT2D eigenvalue weighted by atomic mass is 9.85. The van der Waals surface area contributed by atoms with E-state index in [0.717, 1.165) is 28.7 Å². The molecule has 4 aromatic rings. The molecule has 1 saturated heterocycles. The molecule has 2 N–H and O–H groups in total. The van der Waals surface area contributed by atoms with Gasteiger partial charge in [0.15, 0.2) is 0 Å². The van der Waals surface area contributed by atoms with Gasteiger partial charge in [0, 0.05) is 17.7 Å². The van der Waals surface area contributed by atoms with Gasteiger partial charge in [-0.2, -0.15) is 0 Å². The van der Waals surface area contributed by atoms with Gasteiger partial charge in [-0.05, 0) is 43.5 Å². The van der Waals surface area contributed by atoms with E-state index in [9.17, 15) is 10.2 Å². The van der Waals surface area contributed by atoms with Crippen molar-refractivity contribution in [3.63, 3.8) is 0 Å². The minimum absolute atomic E-state index is 0.00122. The quantitative estimate of drug-likeness (QED) is 0.139. The third-order valence-electron chi connectivity index (χ3n) is 6.45. The predicted octanol–water partition coefficient (Wildman–Crippen LogP) is 7.01. The molecule has 6 heteroatoms. The number of ether oxygens (including phenoxy) is 1. The van der Waals surface area contributed by atoms with Gasteiger partial charge in [0.05, 0.1) is 5.60 Å². The Morgan fingerprint density at radius 3 is 1.84 bits per heavy atom. The fraction of sp³-hybridized carbons (Fsp3) is 0.250. The molecule has 196 valence electrons. The largest absolute Gasteiger partial charge is 0.508 e. The molecule has 0 amide bonds. The molecule has 1 aliphatic rings. The lowest BCUT2D eigenvalue weighted by molar-refractivity contribution is 0.0772. The number of hydrogen-bond donors (Lipinski definition) is 2. The minimum atomic E-state index is -0.530. The van der Waals surface area contributed by atoms with E-state index in [1.165, 1.54) is 0 Å². The van der Waals surface area contributed by atoms with E-state index in [0.29, 0.717) is 6.61 Å². The maximum absolute atomic E-state index is 10.2. The molecular weight excluding hydrogens is 492 g/mol. The molecule has 38 heavy (non-hydrogen) atoms. The molecule has 0 aromatic heterocycles. The number of epoxide rings is 1. The summed E-state index contributed by atoms with van der Waals surface area (Å²) < 4.78 is 17.1. The minimum Gasteiger partial charge on any atom is -0.508 e. The second-order valence-electron chi connectivity index (χ2n) is 9.59. The first-order valence-electron chi connectivity index (χ1n) is 12.8. The van der Waals surface area contributed by atoms with Crippen LogP contribution in [0.5, 0.6) is 11.5 Å². The number of phenolic OH excluding ortho intramolecular Hbond substituents is 2. The second kappa shape index (κ2) is 12.4. The lowest BCUT2D eigenvalue weighted by Crippen LogP contribution is -2.25. The van der Waals surface area contributed by atoms with E-state index in [4.69, 9.17) is 13.6 Å². The van der Waals surface area contributed by atoms with Crippen molar-refractivity contribution in [2.75, 3.05) is 6.61 Å². The Morgan fingerprint density at radius 2 is 1.29 bits per heavy atom. The van der Waals surface area contributed by atoms with Crippen molar-refractivity contribution >= 4 is 10.0 Å². The van der Waals surface area contributed by atoms with Crippen LogP contribution >= 0.6 is 0 Å². The van der Waals surface area contributed by atoms with Crippen LogP contribution in [0.1, 0.15) is 55.5 Å². The van der Waals surface area contributed by atoms with Gasteiger partial charge < -0.3 is 23.8 Å². The molecule has 1 heterocycles. The molecule has 1 fully saturated rings. The van der Waals surface area contributed by atoms with Crippen molar-refractivity contribution in [2.45, 2.75) is 44.5 Å². The molecule has 1 atom stereocenters. The van der Waals surface area contributed by atoms with Crippen LogP contribution in [0.4, 0.5) is 0 Å². The van der Waals surface area contributed by atoms with E-state index in [-0.39, 0.29) is 27.6 Å². The highest BCUT2D eigenvalue weighted by atomic mass is 28.3. The Balaban J connectivity index is 0.000000188. The molecule has 5 nitrogen and oxygen atoms in total. The lowest BCUT2D eigenvalue weighted by Gasteiger charge is -2.26. The van der Waals surface area contributed by atoms with Crippen LogP contribution in [0.3, 0.4) is 0 Å². The van der Waals surface area contributed by atoms with Crippen LogP contribution in [-0.2, 0) is 24.8 Å². The molecule has 0 aliphatic carbocycles. The predicted molar refractivity (Wildman–Crippen MR) is 150 cm³/mol. The molecule has 2 radical (unpaired) electrons. The van der Waals surface area contributed by atoms with E-state index >= 15 is 0 Å². The van der Waals surface area contributed by atoms with Gasteiger partial charge in [0.2, 0.25) is 0 Å². The third kappa shape index (κ3) is 6.17. The van der Waals surface area contributed by atoms with Gasteiger partial charge in [-0.25, -0.2) is 0 Å². The fourth-order valence-electron chi connectivity index (χ4n) is 4.44. The van der Waals surface area contributed by atoms with Gasteiger partial charge in [0.1, 0.15) is 23.2 Å². The average molecular weight is 527 g/mol. The standard InChI is InChI=1S/C20H16O2.C12H18O3Si/c21-18-14-8-7-13-17(18)19-20(22-19,15-9-3-1-4-10-15)16-11-5-2-6-12-16;1-4-9-14-16-15-12(2,3)10-7-5-6-8-11(10)13/h1-14,19,21H;5-8,13H,4,9H2,1-3H3. The number of benzene rings is 4. The van der Waals surface area contributed by atoms with Gasteiger partial charge >= 0.3 is 10.0 Å². The first kappa shape index (κ1) is 27.6. The van der Waals surface area contributed by atoms with E-state index in [2.05, 4.69) is 31.2 Å². The molecule has 1 unspecified atom stereocenters. The fourth-order valence-corrected chi connectivity index (χ4v) is 5.10. The van der Waals surface area contributed by atoms with Crippen molar-refractivity contribution in [3.05, 3.63) is 131 Å². The molecule has 4 aromatic carbocycles. The number of para-hydroxylation sites is 2. The van der Waals surface area contributed by atoms with Crippen LogP contribution in [0.2, 0.25) is 0 Å². The Hall–Kier alpha value is -3.42. The second-order valence-corrected chi connectivity index (χ2v) is 10.2. The van der Waals surface area contributed by atoms with E-state index in [1.807, 2.05) is 80.6 Å². The SMILES string of the molecule is CCCO[Si]OC(C)(C)c1ccccc1O.Oc1ccccc1C1OC1(c1ccccc1)c1ccccc1. The molecule has 5 rings (SSSR count). The summed E-state index contributed by atoms with van der Waals surface area (Å²) in [6, 6.07) is 35.0. The summed E-state index contributed by atoms with van der Waals surface area (Å²) in [7, 11) is 0.00122. The highest BCUT2D eigenvalue weighted by molar-refractivity contribution is 6.18. The molecule has 0 bridgehead atoms. The van der Waals surface area contributed by atoms with Gasteiger partial charge in [0.25, 0.3) is 0 Å². The monoisotopic (exact) mass is 526 g/mol. The molecule has 0 saturated carbocycles. The Labute approximate surface area is 227 Å². The molecular formula is C32H34O5Si. The van der Waals surface area contributed by atoms with E-state index < -0.39 is 11.2 Å². The maximum atomic E-state index is 10.2. The average Bonchev–Trinajstić information content (AvgIpc) is 3.70. The van der Waals surface area contributed by atoms with Crippen molar-refractivity contribution in [2.24, 2.45) is 0 Å².